The van der Waals surface area contributed by atoms with Gasteiger partial charge in [0.25, 0.3) is 11.8 Å². The second-order valence-electron chi connectivity index (χ2n) is 8.09. The van der Waals surface area contributed by atoms with Gasteiger partial charge in [-0.05, 0) is 0 Å². The van der Waals surface area contributed by atoms with E-state index in [2.05, 4.69) is 25.1 Å². The van der Waals surface area contributed by atoms with Crippen molar-refractivity contribution < 1.29 is 34.1 Å². The zero-order valence-corrected chi connectivity index (χ0v) is 20.4. The van der Waals surface area contributed by atoms with E-state index in [1.54, 1.807) is 10.9 Å². The Labute approximate surface area is 211 Å². The van der Waals surface area contributed by atoms with Gasteiger partial charge in [-0.2, -0.15) is 9.36 Å². The van der Waals surface area contributed by atoms with Crippen molar-refractivity contribution in [2.75, 3.05) is 30.5 Å². The molecule has 2 aromatic heterocycles. The van der Waals surface area contributed by atoms with Crippen LogP contribution in [-0.2, 0) is 32.3 Å². The first-order valence-corrected chi connectivity index (χ1v) is 12.5. The number of β-lactam (4-membered cyclic amide) rings is 1. The molecule has 1 saturated heterocycles. The first-order valence-electron chi connectivity index (χ1n) is 10.7. The lowest BCUT2D eigenvalue weighted by Crippen LogP contribution is -2.71. The highest BCUT2D eigenvalue weighted by atomic mass is 32.2. The van der Waals surface area contributed by atoms with Crippen LogP contribution in [0.3, 0.4) is 0 Å². The number of anilines is 2. The van der Waals surface area contributed by atoms with Crippen molar-refractivity contribution in [3.63, 3.8) is 0 Å². The van der Waals surface area contributed by atoms with Crippen molar-refractivity contribution in [2.45, 2.75) is 30.6 Å². The first-order chi connectivity index (χ1) is 17.3. The molecule has 15 nitrogen and oxygen atoms in total. The number of rotatable bonds is 7. The minimum Gasteiger partial charge on any atom is -0.543 e. The van der Waals surface area contributed by atoms with Crippen LogP contribution in [0.4, 0.5) is 10.9 Å². The number of oxime groups is 1. The van der Waals surface area contributed by atoms with Crippen LogP contribution in [0.25, 0.3) is 0 Å². The molecule has 190 valence electrons. The van der Waals surface area contributed by atoms with Gasteiger partial charge < -0.3 is 36.2 Å². The average Bonchev–Trinajstić information content (AvgIpc) is 3.46. The Kier molecular flexibility index (Phi) is 6.27. The molecule has 1 fully saturated rings. The first kappa shape index (κ1) is 24.0. The number of amides is 2. The highest BCUT2D eigenvalue weighted by Crippen LogP contribution is 2.40. The van der Waals surface area contributed by atoms with E-state index in [9.17, 15) is 24.6 Å². The normalized spacial score (nSPS) is 23.4. The van der Waals surface area contributed by atoms with E-state index in [4.69, 9.17) is 10.6 Å². The monoisotopic (exact) mass is 535 g/mol. The van der Waals surface area contributed by atoms with Crippen LogP contribution in [0.1, 0.15) is 5.82 Å². The summed E-state index contributed by atoms with van der Waals surface area (Å²) in [5.74, 6) is -1.82. The minimum absolute atomic E-state index is 0.0541. The molecule has 5 rings (SSSR count). The van der Waals surface area contributed by atoms with Gasteiger partial charge in [0.1, 0.15) is 25.1 Å². The summed E-state index contributed by atoms with van der Waals surface area (Å²) in [6, 6.07) is 0.832. The third kappa shape index (κ3) is 4.14. The Morgan fingerprint density at radius 2 is 2.31 bits per heavy atom. The summed E-state index contributed by atoms with van der Waals surface area (Å²) in [4.78, 5) is 47.7. The molecule has 2 amide bonds. The summed E-state index contributed by atoms with van der Waals surface area (Å²) in [5.41, 5.74) is 5.57. The van der Waals surface area contributed by atoms with E-state index in [1.165, 1.54) is 18.9 Å². The van der Waals surface area contributed by atoms with Gasteiger partial charge >= 0.3 is 0 Å². The maximum absolute atomic E-state index is 13.0. The smallest absolute Gasteiger partial charge is 0.278 e. The standard InChI is InChI=1S/C19H21N9O6S2/c1-34-24-11(14-23-19(20)36-25-14)15(30)22-12-16(31)28-13(18(32)33)8(7-35-17(12)28)5-26-3-2-10-21-4-9(29)6-27(10)26/h2-3,9,12,17,29H,4-7H2,1H3,(H4,20,22,23,25,30,32,33)/t9?,12-,17-/m1/s1. The van der Waals surface area contributed by atoms with E-state index >= 15 is 0 Å². The minimum atomic E-state index is -1.48. The highest BCUT2D eigenvalue weighted by Gasteiger charge is 2.53. The number of nitrogens with zero attached hydrogens (tertiary/aromatic N) is 6. The summed E-state index contributed by atoms with van der Waals surface area (Å²) >= 11 is 2.18. The molecule has 17 heteroatoms. The third-order valence-corrected chi connectivity index (χ3v) is 7.71. The lowest BCUT2D eigenvalue weighted by molar-refractivity contribution is -0.768. The SMILES string of the molecule is CON=C(C(=O)N[C@@H]1C(=O)N2C(C(=O)[O-])=C(C[n+]3ccc4n3CC(O)CN4)CS[C@H]12)c1nsc(N)n1. The lowest BCUT2D eigenvalue weighted by atomic mass is 10.0. The van der Waals surface area contributed by atoms with Gasteiger partial charge in [-0.15, -0.1) is 21.1 Å². The van der Waals surface area contributed by atoms with Crippen LogP contribution < -0.4 is 26.2 Å². The molecule has 0 aliphatic carbocycles. The van der Waals surface area contributed by atoms with Gasteiger partial charge in [0.15, 0.2) is 23.7 Å². The molecular formula is C19H21N9O6S2. The van der Waals surface area contributed by atoms with E-state index in [1.807, 2.05) is 10.7 Å². The Hall–Kier alpha value is -3.70. The van der Waals surface area contributed by atoms with Crippen molar-refractivity contribution in [3.05, 3.63) is 29.4 Å². The number of carbonyl (C=O) groups is 3. The Morgan fingerprint density at radius 3 is 3.00 bits per heavy atom. The number of aliphatic hydroxyl groups is 1. The number of nitrogens with two attached hydrogens (primary N) is 1. The fraction of sp³-hybridized carbons (Fsp3) is 0.421. The van der Waals surface area contributed by atoms with Crippen LogP contribution in [0.2, 0.25) is 0 Å². The summed E-state index contributed by atoms with van der Waals surface area (Å²) in [6.07, 6.45) is 1.19. The molecule has 36 heavy (non-hydrogen) atoms. The number of aromatic nitrogens is 4. The molecule has 0 saturated carbocycles. The Morgan fingerprint density at radius 1 is 1.50 bits per heavy atom. The number of carboxylic acids is 1. The number of nitrogens with one attached hydrogen (secondary N) is 2. The lowest BCUT2D eigenvalue weighted by Gasteiger charge is -2.50. The van der Waals surface area contributed by atoms with Gasteiger partial charge in [-0.3, -0.25) is 14.5 Å². The number of aliphatic carboxylic acids is 1. The zero-order valence-electron chi connectivity index (χ0n) is 18.8. The van der Waals surface area contributed by atoms with Crippen molar-refractivity contribution in [1.29, 1.82) is 0 Å². The second kappa shape index (κ2) is 9.40. The zero-order chi connectivity index (χ0) is 25.6. The second-order valence-corrected chi connectivity index (χ2v) is 9.98. The Balaban J connectivity index is 1.35. The average molecular weight is 536 g/mol. The van der Waals surface area contributed by atoms with Crippen molar-refractivity contribution in [3.8, 4) is 0 Å². The molecule has 0 bridgehead atoms. The maximum atomic E-state index is 13.0. The maximum Gasteiger partial charge on any atom is 0.278 e. The van der Waals surface area contributed by atoms with Crippen molar-refractivity contribution >= 4 is 57.7 Å². The summed E-state index contributed by atoms with van der Waals surface area (Å²) < 4.78 is 7.52. The largest absolute Gasteiger partial charge is 0.543 e. The number of carboxylic acid groups (broad SMARTS) is 1. The summed E-state index contributed by atoms with van der Waals surface area (Å²) in [7, 11) is 1.24. The van der Waals surface area contributed by atoms with Crippen LogP contribution in [0, 0.1) is 0 Å². The molecule has 3 atom stereocenters. The molecule has 5 N–H and O–H groups in total. The van der Waals surface area contributed by atoms with Gasteiger partial charge in [-0.25, -0.2) is 0 Å². The number of carbonyl (C=O) groups excluding carboxylic acids is 3. The number of aliphatic hydroxyl groups excluding tert-OH is 1. The predicted octanol–water partition coefficient (Wildman–Crippen LogP) is -3.55. The van der Waals surface area contributed by atoms with Crippen LogP contribution in [0.15, 0.2) is 28.7 Å². The van der Waals surface area contributed by atoms with Crippen LogP contribution >= 0.6 is 23.3 Å². The van der Waals surface area contributed by atoms with E-state index in [0.29, 0.717) is 18.7 Å². The molecule has 5 heterocycles. The van der Waals surface area contributed by atoms with Crippen molar-refractivity contribution in [2.24, 2.45) is 5.16 Å². The van der Waals surface area contributed by atoms with Crippen LogP contribution in [0.5, 0.6) is 0 Å². The summed E-state index contributed by atoms with van der Waals surface area (Å²) in [5, 5.41) is 30.8. The van der Waals surface area contributed by atoms with E-state index < -0.39 is 35.3 Å². The van der Waals surface area contributed by atoms with Gasteiger partial charge in [0.2, 0.25) is 11.5 Å². The number of hydrogen-bond acceptors (Lipinski definition) is 13. The molecule has 0 radical (unpaired) electrons. The molecule has 3 aliphatic heterocycles. The van der Waals surface area contributed by atoms with Gasteiger partial charge in [0.05, 0.1) is 23.8 Å². The number of fused-ring (bicyclic) bond motifs is 2. The van der Waals surface area contributed by atoms with Gasteiger partial charge in [-0.1, -0.05) is 5.16 Å². The molecule has 0 aromatic carbocycles. The Bertz CT molecular complexity index is 1300. The van der Waals surface area contributed by atoms with E-state index in [-0.39, 0.29) is 34.7 Å². The summed E-state index contributed by atoms with van der Waals surface area (Å²) in [6.45, 7) is 0.951. The number of nitrogen functional groups attached to an aromatic ring is 1. The number of thioether (sulfide) groups is 1. The molecule has 0 spiro atoms. The van der Waals surface area contributed by atoms with E-state index in [0.717, 1.165) is 22.3 Å². The molecule has 1 unspecified atom stereocenters. The van der Waals surface area contributed by atoms with Crippen molar-refractivity contribution in [1.82, 2.24) is 24.3 Å². The number of β-amino-alcohol motifs (C(OH)–C–C–N with tert-alkyl or cyclic N) is 1. The topological polar surface area (TPSA) is 204 Å². The fourth-order valence-electron chi connectivity index (χ4n) is 4.24. The number of hydrogen-bond donors (Lipinski definition) is 4. The quantitative estimate of drug-likeness (QED) is 0.118. The molecule has 2 aromatic rings. The van der Waals surface area contributed by atoms with Gasteiger partial charge in [0, 0.05) is 29.4 Å². The third-order valence-electron chi connectivity index (χ3n) is 5.83. The van der Waals surface area contributed by atoms with Crippen LogP contribution in [-0.4, -0.2) is 84.5 Å². The molecular weight excluding hydrogens is 514 g/mol. The molecule has 3 aliphatic rings. The fourth-order valence-corrected chi connectivity index (χ4v) is 6.01. The highest BCUT2D eigenvalue weighted by molar-refractivity contribution is 8.00. The predicted molar refractivity (Wildman–Crippen MR) is 124 cm³/mol.